The van der Waals surface area contributed by atoms with E-state index in [2.05, 4.69) is 31.6 Å². The van der Waals surface area contributed by atoms with Crippen molar-refractivity contribution in [3.8, 4) is 0 Å². The summed E-state index contributed by atoms with van der Waals surface area (Å²) in [5.74, 6) is 2.49. The minimum Gasteiger partial charge on any atom is -0.464 e. The van der Waals surface area contributed by atoms with Crippen LogP contribution in [0.2, 0.25) is 0 Å². The lowest BCUT2D eigenvalue weighted by Crippen LogP contribution is -2.50. The van der Waals surface area contributed by atoms with E-state index in [9.17, 15) is 9.59 Å². The average Bonchev–Trinajstić information content (AvgIpc) is 3.16. The fourth-order valence-electron chi connectivity index (χ4n) is 4.86. The van der Waals surface area contributed by atoms with Gasteiger partial charge in [0.1, 0.15) is 23.5 Å². The van der Waals surface area contributed by atoms with Crippen LogP contribution in [0.3, 0.4) is 0 Å². The summed E-state index contributed by atoms with van der Waals surface area (Å²) in [6.07, 6.45) is 8.05. The number of nitrogens with one attached hydrogen (secondary N) is 2. The maximum Gasteiger partial charge on any atom is 0.323 e. The van der Waals surface area contributed by atoms with Gasteiger partial charge in [-0.15, -0.1) is 0 Å². The Hall–Kier alpha value is -2.63. The highest BCUT2D eigenvalue weighted by molar-refractivity contribution is 9.11. The fourth-order valence-corrected chi connectivity index (χ4v) is 5.49. The van der Waals surface area contributed by atoms with Gasteiger partial charge in [0.05, 0.1) is 24.2 Å². The summed E-state index contributed by atoms with van der Waals surface area (Å²) in [5, 5.41) is 11.3. The quantitative estimate of drug-likeness (QED) is 0.403. The fraction of sp³-hybridized carbons (Fsp3) is 0.577. The van der Waals surface area contributed by atoms with Gasteiger partial charge in [-0.25, -0.2) is 10.0 Å². The molecule has 0 amide bonds. The molecule has 1 saturated carbocycles. The van der Waals surface area contributed by atoms with Gasteiger partial charge >= 0.3 is 5.97 Å². The van der Waals surface area contributed by atoms with E-state index >= 15 is 0 Å². The molecule has 37 heavy (non-hydrogen) atoms. The normalized spacial score (nSPS) is 24.1. The first kappa shape index (κ1) is 27.4. The molecule has 10 nitrogen and oxygen atoms in total. The minimum absolute atomic E-state index is 0.0436. The number of aryl methyl sites for hydroxylation is 1. The number of rotatable bonds is 8. The second kappa shape index (κ2) is 11.8. The van der Waals surface area contributed by atoms with Crippen molar-refractivity contribution in [2.24, 2.45) is 29.6 Å². The van der Waals surface area contributed by atoms with Crippen molar-refractivity contribution < 1.29 is 9.53 Å². The first-order chi connectivity index (χ1) is 17.6. The predicted octanol–water partition coefficient (Wildman–Crippen LogP) is 2.13. The molecule has 202 valence electrons. The summed E-state index contributed by atoms with van der Waals surface area (Å²) in [7, 11) is 3.75. The van der Waals surface area contributed by atoms with E-state index in [1.54, 1.807) is 17.7 Å². The second-order valence-corrected chi connectivity index (χ2v) is 11.4. The van der Waals surface area contributed by atoms with E-state index in [1.165, 1.54) is 0 Å². The van der Waals surface area contributed by atoms with Crippen LogP contribution in [0.5, 0.6) is 0 Å². The van der Waals surface area contributed by atoms with Gasteiger partial charge < -0.3 is 25.7 Å². The number of aliphatic imine (C=N–C) groups is 1. The first-order valence-electron chi connectivity index (χ1n) is 12.9. The van der Waals surface area contributed by atoms with Gasteiger partial charge in [-0.2, -0.15) is 0 Å². The number of aromatic nitrogens is 1. The van der Waals surface area contributed by atoms with Gasteiger partial charge in [0.15, 0.2) is 0 Å². The molecule has 0 aromatic carbocycles. The topological polar surface area (TPSA) is 117 Å². The average molecular weight is 577 g/mol. The van der Waals surface area contributed by atoms with Crippen LogP contribution < -0.4 is 21.9 Å². The summed E-state index contributed by atoms with van der Waals surface area (Å²) in [6, 6.07) is 2.94. The molecule has 4 rings (SSSR count). The number of likely N-dealkylation sites (N-methyl/N-ethyl adjacent to an activating group) is 1. The molecule has 0 bridgehead atoms. The van der Waals surface area contributed by atoms with Crippen molar-refractivity contribution in [2.45, 2.75) is 58.2 Å². The van der Waals surface area contributed by atoms with Gasteiger partial charge in [-0.3, -0.25) is 14.6 Å². The van der Waals surface area contributed by atoms with Crippen molar-refractivity contribution in [1.82, 2.24) is 25.2 Å². The van der Waals surface area contributed by atoms with Crippen LogP contribution in [0.25, 0.3) is 0 Å². The summed E-state index contributed by atoms with van der Waals surface area (Å²) >= 11 is 3.71. The third-order valence-corrected chi connectivity index (χ3v) is 7.80. The number of hydrogen-bond acceptors (Lipinski definition) is 8. The molecular weight excluding hydrogens is 538 g/mol. The molecule has 4 N–H and O–H groups in total. The van der Waals surface area contributed by atoms with Gasteiger partial charge in [0.2, 0.25) is 5.56 Å². The highest BCUT2D eigenvalue weighted by Gasteiger charge is 2.35. The smallest absolute Gasteiger partial charge is 0.323 e. The predicted molar refractivity (Wildman–Crippen MR) is 147 cm³/mol. The van der Waals surface area contributed by atoms with Gasteiger partial charge in [-0.05, 0) is 24.3 Å². The number of hydrazine groups is 1. The zero-order chi connectivity index (χ0) is 26.7. The van der Waals surface area contributed by atoms with Gasteiger partial charge in [0.25, 0.3) is 0 Å². The van der Waals surface area contributed by atoms with Crippen molar-refractivity contribution in [3.05, 3.63) is 56.4 Å². The highest BCUT2D eigenvalue weighted by atomic mass is 79.9. The Morgan fingerprint density at radius 2 is 2.05 bits per heavy atom. The van der Waals surface area contributed by atoms with Crippen LogP contribution in [-0.2, 0) is 23.1 Å². The molecule has 3 heterocycles. The molecule has 1 aliphatic carbocycles. The maximum atomic E-state index is 12.3. The lowest BCUT2D eigenvalue weighted by molar-refractivity contribution is -0.148. The number of nitrogens with zero attached hydrogens (tertiary/aromatic N) is 4. The largest absolute Gasteiger partial charge is 0.464 e. The van der Waals surface area contributed by atoms with Crippen molar-refractivity contribution in [1.29, 1.82) is 0 Å². The number of halogens is 1. The molecule has 1 aromatic heterocycles. The summed E-state index contributed by atoms with van der Waals surface area (Å²) in [6.45, 7) is 5.37. The van der Waals surface area contributed by atoms with Crippen LogP contribution in [0.15, 0.2) is 50.3 Å². The number of esters is 1. The van der Waals surface area contributed by atoms with Crippen molar-refractivity contribution in [2.75, 3.05) is 20.2 Å². The molecular formula is C26H38BrN7O3. The number of amidine groups is 1. The number of ether oxygens (including phenoxy) is 1. The SMILES string of the molecule is CC(C)[C@@H](N)C(=O)OC[C@@H]1CCCC[C@@H]1NC1=CC(=NCc2ccc(=O)n(C)c2)N2C(=C(Br)CN2C)N1. The Morgan fingerprint density at radius 1 is 1.30 bits per heavy atom. The molecule has 11 heteroatoms. The first-order valence-corrected chi connectivity index (χ1v) is 13.7. The standard InChI is InChI=1S/C26H38BrN7O3/c1-16(2)24(28)26(36)37-15-18-7-5-6-8-20(18)30-21-11-22(34-25(31-21)19(27)14-33(34)4)29-12-17-9-10-23(35)32(3)13-17/h9-11,13,16,18,20,24,30-31H,5-8,12,14-15,28H2,1-4H3/t18-,20-,24+/m0/s1. The summed E-state index contributed by atoms with van der Waals surface area (Å²) < 4.78 is 8.23. The minimum atomic E-state index is -0.599. The zero-order valence-electron chi connectivity index (χ0n) is 22.0. The number of carbonyl (C=O) groups is 1. The van der Waals surface area contributed by atoms with E-state index in [-0.39, 0.29) is 29.4 Å². The number of nitrogens with two attached hydrogens (primary N) is 1. The zero-order valence-corrected chi connectivity index (χ0v) is 23.6. The van der Waals surface area contributed by atoms with E-state index in [1.807, 2.05) is 44.2 Å². The summed E-state index contributed by atoms with van der Waals surface area (Å²) in [5.41, 5.74) is 6.89. The Labute approximate surface area is 226 Å². The third-order valence-electron chi connectivity index (χ3n) is 7.17. The number of fused-ring (bicyclic) bond motifs is 1. The van der Waals surface area contributed by atoms with E-state index in [0.29, 0.717) is 13.2 Å². The van der Waals surface area contributed by atoms with E-state index in [0.717, 1.165) is 59.8 Å². The van der Waals surface area contributed by atoms with E-state index < -0.39 is 6.04 Å². The lowest BCUT2D eigenvalue weighted by atomic mass is 9.85. The van der Waals surface area contributed by atoms with Crippen molar-refractivity contribution in [3.63, 3.8) is 0 Å². The highest BCUT2D eigenvalue weighted by Crippen LogP contribution is 2.30. The molecule has 0 radical (unpaired) electrons. The molecule has 2 aliphatic heterocycles. The van der Waals surface area contributed by atoms with Crippen LogP contribution in [0, 0.1) is 11.8 Å². The van der Waals surface area contributed by atoms with Crippen LogP contribution >= 0.6 is 15.9 Å². The third kappa shape index (κ3) is 6.45. The van der Waals surface area contributed by atoms with Crippen LogP contribution in [-0.4, -0.2) is 58.7 Å². The Bertz CT molecular complexity index is 1160. The summed E-state index contributed by atoms with van der Waals surface area (Å²) in [4.78, 5) is 29.0. The number of hydrogen-bond donors (Lipinski definition) is 3. The Balaban J connectivity index is 1.51. The van der Waals surface area contributed by atoms with Gasteiger partial charge in [0, 0.05) is 44.4 Å². The molecule has 0 saturated heterocycles. The Morgan fingerprint density at radius 3 is 2.78 bits per heavy atom. The van der Waals surface area contributed by atoms with Crippen molar-refractivity contribution >= 4 is 27.7 Å². The van der Waals surface area contributed by atoms with Gasteiger partial charge in [-0.1, -0.05) is 48.7 Å². The molecule has 3 atom stereocenters. The lowest BCUT2D eigenvalue weighted by Gasteiger charge is -2.37. The Kier molecular flexibility index (Phi) is 8.76. The molecule has 1 aromatic rings. The number of pyridine rings is 1. The van der Waals surface area contributed by atoms with Crippen LogP contribution in [0.1, 0.15) is 45.1 Å². The number of carbonyl (C=O) groups excluding carboxylic acids is 1. The molecule has 0 spiro atoms. The maximum absolute atomic E-state index is 12.3. The monoisotopic (exact) mass is 575 g/mol. The second-order valence-electron chi connectivity index (χ2n) is 10.4. The molecule has 0 unspecified atom stereocenters. The van der Waals surface area contributed by atoms with Crippen LogP contribution in [0.4, 0.5) is 0 Å². The van der Waals surface area contributed by atoms with E-state index in [4.69, 9.17) is 15.5 Å². The molecule has 1 fully saturated rings. The molecule has 3 aliphatic rings.